The first kappa shape index (κ1) is 21.1. The Labute approximate surface area is 171 Å². The van der Waals surface area contributed by atoms with Crippen molar-refractivity contribution in [3.8, 4) is 5.75 Å². The molecular formula is C21H26ClNO4S. The number of aliphatic hydroxyl groups is 1. The fourth-order valence-electron chi connectivity index (χ4n) is 3.51. The Hall–Kier alpha value is -1.60. The van der Waals surface area contributed by atoms with E-state index in [4.69, 9.17) is 16.3 Å². The fraction of sp³-hybridized carbons (Fsp3) is 0.429. The number of rotatable bonds is 7. The molecule has 28 heavy (non-hydrogen) atoms. The largest absolute Gasteiger partial charge is 0.493 e. The van der Waals surface area contributed by atoms with Crippen molar-refractivity contribution >= 4 is 21.4 Å². The molecule has 0 spiro atoms. The molecule has 0 aromatic heterocycles. The zero-order valence-corrected chi connectivity index (χ0v) is 17.5. The number of piperidine rings is 1. The van der Waals surface area contributed by atoms with E-state index in [0.717, 1.165) is 31.5 Å². The van der Waals surface area contributed by atoms with Gasteiger partial charge in [-0.3, -0.25) is 0 Å². The van der Waals surface area contributed by atoms with Gasteiger partial charge in [-0.15, -0.1) is 0 Å². The standard InChI is InChI=1S/C21H26ClNO4S/c1-28(25,26)20-9-7-19(8-10-20)27-15-16-4-3-11-23(13-16)14-21(24)17-5-2-6-18(22)12-17/h2,5-10,12,16,21,24H,3-4,11,13-15H2,1H3/t16-,21?/m1/s1. The van der Waals surface area contributed by atoms with Crippen LogP contribution in [0.5, 0.6) is 5.75 Å². The van der Waals surface area contributed by atoms with E-state index in [2.05, 4.69) is 4.90 Å². The SMILES string of the molecule is CS(=O)(=O)c1ccc(OC[C@@H]2CCCN(CC(O)c3cccc(Cl)c3)C2)cc1. The van der Waals surface area contributed by atoms with Crippen molar-refractivity contribution in [2.45, 2.75) is 23.8 Å². The highest BCUT2D eigenvalue weighted by Crippen LogP contribution is 2.23. The number of halogens is 1. The highest BCUT2D eigenvalue weighted by molar-refractivity contribution is 7.90. The number of β-amino-alcohol motifs (C(OH)–C–C–N with tert-alkyl or cyclic N) is 1. The lowest BCUT2D eigenvalue weighted by Crippen LogP contribution is -2.39. The molecule has 1 N–H and O–H groups in total. The van der Waals surface area contributed by atoms with Crippen LogP contribution < -0.4 is 4.74 Å². The van der Waals surface area contributed by atoms with E-state index < -0.39 is 15.9 Å². The minimum atomic E-state index is -3.19. The van der Waals surface area contributed by atoms with Gasteiger partial charge in [0.05, 0.1) is 17.6 Å². The van der Waals surface area contributed by atoms with Crippen LogP contribution in [-0.2, 0) is 9.84 Å². The maximum absolute atomic E-state index is 11.5. The van der Waals surface area contributed by atoms with Crippen LogP contribution in [0.4, 0.5) is 0 Å². The van der Waals surface area contributed by atoms with E-state index in [1.54, 1.807) is 36.4 Å². The van der Waals surface area contributed by atoms with Crippen LogP contribution >= 0.6 is 11.6 Å². The van der Waals surface area contributed by atoms with Crippen LogP contribution in [-0.4, -0.2) is 50.9 Å². The minimum absolute atomic E-state index is 0.290. The molecule has 1 heterocycles. The van der Waals surface area contributed by atoms with Crippen LogP contribution in [0.15, 0.2) is 53.4 Å². The molecule has 7 heteroatoms. The van der Waals surface area contributed by atoms with Crippen LogP contribution in [0, 0.1) is 5.92 Å². The number of hydrogen-bond donors (Lipinski definition) is 1. The van der Waals surface area contributed by atoms with Crippen molar-refractivity contribution in [2.75, 3.05) is 32.5 Å². The van der Waals surface area contributed by atoms with Crippen molar-refractivity contribution in [2.24, 2.45) is 5.92 Å². The summed E-state index contributed by atoms with van der Waals surface area (Å²) in [6.45, 7) is 2.96. The molecule has 152 valence electrons. The summed E-state index contributed by atoms with van der Waals surface area (Å²) < 4.78 is 28.9. The molecule has 1 aliphatic heterocycles. The third-order valence-electron chi connectivity index (χ3n) is 5.01. The summed E-state index contributed by atoms with van der Waals surface area (Å²) in [4.78, 5) is 2.55. The zero-order valence-electron chi connectivity index (χ0n) is 15.9. The number of benzene rings is 2. The molecule has 0 amide bonds. The lowest BCUT2D eigenvalue weighted by molar-refractivity contribution is 0.0714. The lowest BCUT2D eigenvalue weighted by Gasteiger charge is -2.33. The second kappa shape index (κ2) is 9.27. The summed E-state index contributed by atoms with van der Waals surface area (Å²) in [7, 11) is -3.19. The molecular weight excluding hydrogens is 398 g/mol. The third kappa shape index (κ3) is 5.95. The van der Waals surface area contributed by atoms with Crippen LogP contribution in [0.1, 0.15) is 24.5 Å². The number of nitrogens with zero attached hydrogens (tertiary/aromatic N) is 1. The Morgan fingerprint density at radius 3 is 2.68 bits per heavy atom. The molecule has 1 fully saturated rings. The summed E-state index contributed by atoms with van der Waals surface area (Å²) >= 11 is 6.01. The molecule has 2 atom stereocenters. The first-order valence-corrected chi connectivity index (χ1v) is 11.7. The van der Waals surface area contributed by atoms with Crippen molar-refractivity contribution in [3.63, 3.8) is 0 Å². The van der Waals surface area contributed by atoms with Gasteiger partial charge in [0, 0.05) is 30.3 Å². The van der Waals surface area contributed by atoms with Gasteiger partial charge in [0.15, 0.2) is 9.84 Å². The van der Waals surface area contributed by atoms with Gasteiger partial charge in [0.2, 0.25) is 0 Å². The van der Waals surface area contributed by atoms with Gasteiger partial charge in [-0.05, 0) is 61.3 Å². The fourth-order valence-corrected chi connectivity index (χ4v) is 4.34. The Kier molecular flexibility index (Phi) is 6.99. The quantitative estimate of drug-likeness (QED) is 0.737. The molecule has 1 aliphatic rings. The van der Waals surface area contributed by atoms with Crippen LogP contribution in [0.25, 0.3) is 0 Å². The van der Waals surface area contributed by atoms with E-state index in [1.165, 1.54) is 6.26 Å². The number of ether oxygens (including phenoxy) is 1. The van der Waals surface area contributed by atoms with Crippen molar-refractivity contribution in [1.29, 1.82) is 0 Å². The molecule has 0 bridgehead atoms. The zero-order chi connectivity index (χ0) is 20.1. The van der Waals surface area contributed by atoms with E-state index in [9.17, 15) is 13.5 Å². The Balaban J connectivity index is 1.51. The average molecular weight is 424 g/mol. The van der Waals surface area contributed by atoms with Crippen molar-refractivity contribution < 1.29 is 18.3 Å². The predicted molar refractivity (Wildman–Crippen MR) is 111 cm³/mol. The molecule has 1 unspecified atom stereocenters. The Morgan fingerprint density at radius 1 is 1.25 bits per heavy atom. The van der Waals surface area contributed by atoms with Gasteiger partial charge in [-0.2, -0.15) is 0 Å². The second-order valence-electron chi connectivity index (χ2n) is 7.39. The van der Waals surface area contributed by atoms with E-state index in [-0.39, 0.29) is 0 Å². The molecule has 3 rings (SSSR count). The third-order valence-corrected chi connectivity index (χ3v) is 6.37. The van der Waals surface area contributed by atoms with Gasteiger partial charge < -0.3 is 14.7 Å². The number of hydrogen-bond acceptors (Lipinski definition) is 5. The van der Waals surface area contributed by atoms with E-state index >= 15 is 0 Å². The second-order valence-corrected chi connectivity index (χ2v) is 9.85. The van der Waals surface area contributed by atoms with E-state index in [1.807, 2.05) is 12.1 Å². The van der Waals surface area contributed by atoms with Crippen molar-refractivity contribution in [1.82, 2.24) is 4.90 Å². The summed E-state index contributed by atoms with van der Waals surface area (Å²) in [6.07, 6.45) is 2.76. The highest BCUT2D eigenvalue weighted by atomic mass is 35.5. The summed E-state index contributed by atoms with van der Waals surface area (Å²) in [5.74, 6) is 1.04. The van der Waals surface area contributed by atoms with Crippen molar-refractivity contribution in [3.05, 3.63) is 59.1 Å². The van der Waals surface area contributed by atoms with Gasteiger partial charge in [-0.1, -0.05) is 23.7 Å². The maximum atomic E-state index is 11.5. The molecule has 2 aromatic rings. The summed E-state index contributed by atoms with van der Waals surface area (Å²) in [5, 5.41) is 11.1. The highest BCUT2D eigenvalue weighted by Gasteiger charge is 2.23. The minimum Gasteiger partial charge on any atom is -0.493 e. The predicted octanol–water partition coefficient (Wildman–Crippen LogP) is 3.57. The molecule has 0 saturated carbocycles. The average Bonchev–Trinajstić information content (AvgIpc) is 2.66. The first-order chi connectivity index (χ1) is 13.3. The van der Waals surface area contributed by atoms with Crippen LogP contribution in [0.3, 0.4) is 0 Å². The molecule has 2 aromatic carbocycles. The number of sulfone groups is 1. The summed E-state index contributed by atoms with van der Waals surface area (Å²) in [5.41, 5.74) is 0.830. The maximum Gasteiger partial charge on any atom is 0.175 e. The van der Waals surface area contributed by atoms with E-state index in [0.29, 0.717) is 34.7 Å². The van der Waals surface area contributed by atoms with Gasteiger partial charge >= 0.3 is 0 Å². The molecule has 0 radical (unpaired) electrons. The molecule has 0 aliphatic carbocycles. The van der Waals surface area contributed by atoms with Crippen LogP contribution in [0.2, 0.25) is 5.02 Å². The number of likely N-dealkylation sites (tertiary alicyclic amines) is 1. The van der Waals surface area contributed by atoms with Gasteiger partial charge in [0.1, 0.15) is 5.75 Å². The summed E-state index contributed by atoms with van der Waals surface area (Å²) in [6, 6.07) is 13.9. The van der Waals surface area contributed by atoms with Gasteiger partial charge in [0.25, 0.3) is 0 Å². The normalized spacial score (nSPS) is 19.3. The molecule has 1 saturated heterocycles. The Bertz CT molecular complexity index is 886. The van der Waals surface area contributed by atoms with Gasteiger partial charge in [-0.25, -0.2) is 8.42 Å². The lowest BCUT2D eigenvalue weighted by atomic mass is 9.98. The topological polar surface area (TPSA) is 66.8 Å². The monoisotopic (exact) mass is 423 g/mol. The Morgan fingerprint density at radius 2 is 2.00 bits per heavy atom. The number of aliphatic hydroxyl groups excluding tert-OH is 1. The first-order valence-electron chi connectivity index (χ1n) is 9.40. The smallest absolute Gasteiger partial charge is 0.175 e. The molecule has 5 nitrogen and oxygen atoms in total.